The van der Waals surface area contributed by atoms with E-state index >= 15 is 0 Å². The Morgan fingerprint density at radius 1 is 1.20 bits per heavy atom. The summed E-state index contributed by atoms with van der Waals surface area (Å²) in [6, 6.07) is -0.612. The lowest BCUT2D eigenvalue weighted by Crippen LogP contribution is -2.47. The van der Waals surface area contributed by atoms with Gasteiger partial charge in [0.25, 0.3) is 0 Å². The van der Waals surface area contributed by atoms with E-state index in [-0.39, 0.29) is 17.7 Å². The van der Waals surface area contributed by atoms with Crippen LogP contribution in [0.15, 0.2) is 0 Å². The molecule has 0 aromatic rings. The van der Waals surface area contributed by atoms with E-state index in [0.29, 0.717) is 19.4 Å². The van der Waals surface area contributed by atoms with Gasteiger partial charge in [-0.15, -0.1) is 0 Å². The number of ether oxygens (including phenoxy) is 1. The predicted molar refractivity (Wildman–Crippen MR) is 77.3 cm³/mol. The highest BCUT2D eigenvalue weighted by molar-refractivity contribution is 5.85. The van der Waals surface area contributed by atoms with Crippen LogP contribution in [0.4, 0.5) is 4.79 Å². The van der Waals surface area contributed by atoms with Gasteiger partial charge in [-0.3, -0.25) is 4.79 Å². The van der Waals surface area contributed by atoms with Crippen LogP contribution in [0.2, 0.25) is 0 Å². The third kappa shape index (κ3) is 7.99. The number of methoxy groups -OCH3 is 1. The molecular formula is C14H28N2O4. The van der Waals surface area contributed by atoms with Gasteiger partial charge in [0.2, 0.25) is 5.91 Å². The van der Waals surface area contributed by atoms with E-state index in [4.69, 9.17) is 0 Å². The summed E-state index contributed by atoms with van der Waals surface area (Å²) in [4.78, 5) is 23.2. The molecule has 2 atom stereocenters. The molecule has 0 aliphatic rings. The van der Waals surface area contributed by atoms with Gasteiger partial charge < -0.3 is 20.5 Å². The minimum atomic E-state index is -0.618. The van der Waals surface area contributed by atoms with Gasteiger partial charge in [-0.1, -0.05) is 27.7 Å². The van der Waals surface area contributed by atoms with E-state index in [0.717, 1.165) is 0 Å². The first-order chi connectivity index (χ1) is 9.27. The molecule has 0 spiro atoms. The first-order valence-electron chi connectivity index (χ1n) is 7.08. The molecule has 0 saturated heterocycles. The van der Waals surface area contributed by atoms with E-state index in [9.17, 15) is 14.7 Å². The summed E-state index contributed by atoms with van der Waals surface area (Å²) in [5.74, 6) is 0.177. The summed E-state index contributed by atoms with van der Waals surface area (Å²) < 4.78 is 4.52. The van der Waals surface area contributed by atoms with Crippen LogP contribution in [0.1, 0.15) is 40.5 Å². The SMILES string of the molecule is COC(=O)N[C@@H](CC(C)C)C(=O)NCC[C@H](O)C(C)C. The standard InChI is InChI=1S/C14H28N2O4/c1-9(2)8-11(16-14(19)20-5)13(18)15-7-6-12(17)10(3)4/h9-12,17H,6-8H2,1-5H3,(H,15,18)(H,16,19)/t11-,12-/m0/s1. The average Bonchev–Trinajstić information content (AvgIpc) is 2.36. The number of nitrogens with one attached hydrogen (secondary N) is 2. The maximum absolute atomic E-state index is 12.0. The van der Waals surface area contributed by atoms with Crippen molar-refractivity contribution in [1.29, 1.82) is 0 Å². The van der Waals surface area contributed by atoms with Crippen molar-refractivity contribution in [2.75, 3.05) is 13.7 Å². The summed E-state index contributed by atoms with van der Waals surface area (Å²) in [5.41, 5.74) is 0. The number of hydrogen-bond acceptors (Lipinski definition) is 4. The summed E-state index contributed by atoms with van der Waals surface area (Å²) >= 11 is 0. The van der Waals surface area contributed by atoms with Crippen LogP contribution in [0.5, 0.6) is 0 Å². The van der Waals surface area contributed by atoms with Crippen LogP contribution in [0.3, 0.4) is 0 Å². The van der Waals surface area contributed by atoms with Crippen LogP contribution in [0, 0.1) is 11.8 Å². The lowest BCUT2D eigenvalue weighted by molar-refractivity contribution is -0.123. The van der Waals surface area contributed by atoms with Crippen LogP contribution >= 0.6 is 0 Å². The highest BCUT2D eigenvalue weighted by Crippen LogP contribution is 2.07. The predicted octanol–water partition coefficient (Wildman–Crippen LogP) is 1.28. The molecule has 0 rings (SSSR count). The van der Waals surface area contributed by atoms with Crippen LogP contribution in [-0.2, 0) is 9.53 Å². The number of alkyl carbamates (subject to hydrolysis) is 1. The fourth-order valence-electron chi connectivity index (χ4n) is 1.70. The molecule has 6 heteroatoms. The normalized spacial score (nSPS) is 14.0. The zero-order valence-corrected chi connectivity index (χ0v) is 13.1. The Hall–Kier alpha value is -1.30. The number of rotatable bonds is 8. The van der Waals surface area contributed by atoms with Gasteiger partial charge in [-0.2, -0.15) is 0 Å². The van der Waals surface area contributed by atoms with Crippen molar-refractivity contribution in [2.45, 2.75) is 52.7 Å². The van der Waals surface area contributed by atoms with Crippen molar-refractivity contribution < 1.29 is 19.4 Å². The number of aliphatic hydroxyl groups excluding tert-OH is 1. The van der Waals surface area contributed by atoms with Gasteiger partial charge in [-0.05, 0) is 24.7 Å². The second-order valence-corrected chi connectivity index (χ2v) is 5.71. The summed E-state index contributed by atoms with van der Waals surface area (Å²) in [5, 5.41) is 14.9. The zero-order chi connectivity index (χ0) is 15.7. The molecule has 0 aliphatic heterocycles. The average molecular weight is 288 g/mol. The van der Waals surface area contributed by atoms with Gasteiger partial charge >= 0.3 is 6.09 Å². The van der Waals surface area contributed by atoms with Crippen LogP contribution in [-0.4, -0.2) is 42.9 Å². The van der Waals surface area contributed by atoms with Crippen molar-refractivity contribution in [3.05, 3.63) is 0 Å². The number of hydrogen-bond donors (Lipinski definition) is 3. The molecule has 0 heterocycles. The number of carbonyl (C=O) groups excluding carboxylic acids is 2. The van der Waals surface area contributed by atoms with Crippen LogP contribution < -0.4 is 10.6 Å². The second-order valence-electron chi connectivity index (χ2n) is 5.71. The van der Waals surface area contributed by atoms with E-state index in [1.165, 1.54) is 7.11 Å². The first kappa shape index (κ1) is 18.7. The van der Waals surface area contributed by atoms with E-state index < -0.39 is 18.2 Å². The molecule has 0 radical (unpaired) electrons. The molecule has 0 aromatic carbocycles. The highest BCUT2D eigenvalue weighted by Gasteiger charge is 2.22. The van der Waals surface area contributed by atoms with E-state index in [2.05, 4.69) is 15.4 Å². The van der Waals surface area contributed by atoms with Crippen molar-refractivity contribution in [3.63, 3.8) is 0 Å². The Balaban J connectivity index is 4.29. The Labute approximate surface area is 121 Å². The van der Waals surface area contributed by atoms with Gasteiger partial charge in [0.15, 0.2) is 0 Å². The molecular weight excluding hydrogens is 260 g/mol. The third-order valence-corrected chi connectivity index (χ3v) is 3.01. The molecule has 0 fully saturated rings. The monoisotopic (exact) mass is 288 g/mol. The topological polar surface area (TPSA) is 87.7 Å². The minimum Gasteiger partial charge on any atom is -0.453 e. The Morgan fingerprint density at radius 3 is 2.25 bits per heavy atom. The molecule has 0 aromatic heterocycles. The quantitative estimate of drug-likeness (QED) is 0.628. The highest BCUT2D eigenvalue weighted by atomic mass is 16.5. The van der Waals surface area contributed by atoms with E-state index in [1.54, 1.807) is 0 Å². The molecule has 6 nitrogen and oxygen atoms in total. The molecule has 0 unspecified atom stereocenters. The molecule has 20 heavy (non-hydrogen) atoms. The lowest BCUT2D eigenvalue weighted by atomic mass is 10.0. The van der Waals surface area contributed by atoms with Crippen molar-refractivity contribution in [2.24, 2.45) is 11.8 Å². The Kier molecular flexibility index (Phi) is 8.96. The smallest absolute Gasteiger partial charge is 0.407 e. The summed E-state index contributed by atoms with van der Waals surface area (Å²) in [6.07, 6.45) is -0.0237. The number of aliphatic hydroxyl groups is 1. The summed E-state index contributed by atoms with van der Waals surface area (Å²) in [7, 11) is 1.26. The van der Waals surface area contributed by atoms with Gasteiger partial charge in [-0.25, -0.2) is 4.79 Å². The molecule has 0 saturated carbocycles. The molecule has 3 N–H and O–H groups in total. The molecule has 2 amide bonds. The van der Waals surface area contributed by atoms with Gasteiger partial charge in [0.05, 0.1) is 13.2 Å². The first-order valence-corrected chi connectivity index (χ1v) is 7.08. The minimum absolute atomic E-state index is 0.159. The molecule has 0 bridgehead atoms. The summed E-state index contributed by atoms with van der Waals surface area (Å²) in [6.45, 7) is 8.18. The fourth-order valence-corrected chi connectivity index (χ4v) is 1.70. The number of amides is 2. The second kappa shape index (κ2) is 9.58. The van der Waals surface area contributed by atoms with Crippen molar-refractivity contribution >= 4 is 12.0 Å². The fraction of sp³-hybridized carbons (Fsp3) is 0.857. The van der Waals surface area contributed by atoms with Crippen LogP contribution in [0.25, 0.3) is 0 Å². The maximum atomic E-state index is 12.0. The Bertz CT molecular complexity index is 306. The van der Waals surface area contributed by atoms with Crippen molar-refractivity contribution in [3.8, 4) is 0 Å². The lowest BCUT2D eigenvalue weighted by Gasteiger charge is -2.20. The van der Waals surface area contributed by atoms with Gasteiger partial charge in [0, 0.05) is 6.54 Å². The maximum Gasteiger partial charge on any atom is 0.407 e. The third-order valence-electron chi connectivity index (χ3n) is 3.01. The largest absolute Gasteiger partial charge is 0.453 e. The zero-order valence-electron chi connectivity index (χ0n) is 13.1. The van der Waals surface area contributed by atoms with Gasteiger partial charge in [0.1, 0.15) is 6.04 Å². The van der Waals surface area contributed by atoms with Crippen molar-refractivity contribution in [1.82, 2.24) is 10.6 Å². The Morgan fingerprint density at radius 2 is 1.80 bits per heavy atom. The number of carbonyl (C=O) groups is 2. The molecule has 0 aliphatic carbocycles. The van der Waals surface area contributed by atoms with E-state index in [1.807, 2.05) is 27.7 Å². The molecule has 118 valence electrons.